The summed E-state index contributed by atoms with van der Waals surface area (Å²) in [6.07, 6.45) is 2.85. The predicted molar refractivity (Wildman–Crippen MR) is 70.3 cm³/mol. The molecule has 1 unspecified atom stereocenters. The van der Waals surface area contributed by atoms with Crippen molar-refractivity contribution in [3.63, 3.8) is 0 Å². The van der Waals surface area contributed by atoms with Gasteiger partial charge in [-0.2, -0.15) is 0 Å². The van der Waals surface area contributed by atoms with Crippen molar-refractivity contribution in [1.82, 2.24) is 4.90 Å². The summed E-state index contributed by atoms with van der Waals surface area (Å²) in [5.41, 5.74) is 2.73. The van der Waals surface area contributed by atoms with Crippen molar-refractivity contribution in [2.75, 3.05) is 19.5 Å². The summed E-state index contributed by atoms with van der Waals surface area (Å²) in [5, 5.41) is 0. The van der Waals surface area contributed by atoms with Gasteiger partial charge in [0.1, 0.15) is 0 Å². The van der Waals surface area contributed by atoms with Crippen molar-refractivity contribution >= 4 is 17.5 Å². The van der Waals surface area contributed by atoms with Crippen molar-refractivity contribution in [2.45, 2.75) is 19.3 Å². The Labute approximate surface area is 108 Å². The molecule has 3 heteroatoms. The number of alkyl halides is 1. The number of rotatable bonds is 3. The fraction of sp³-hybridized carbons (Fsp3) is 0.500. The zero-order valence-corrected chi connectivity index (χ0v) is 10.9. The Balaban J connectivity index is 2.05. The Morgan fingerprint density at radius 3 is 2.82 bits per heavy atom. The molecule has 0 fully saturated rings. The second-order valence-corrected chi connectivity index (χ2v) is 5.04. The number of aryl methyl sites for hydroxylation is 1. The number of nitrogens with zero attached hydrogens (tertiary/aromatic N) is 1. The van der Waals surface area contributed by atoms with Gasteiger partial charge >= 0.3 is 0 Å². The van der Waals surface area contributed by atoms with Gasteiger partial charge in [0.2, 0.25) is 5.91 Å². The van der Waals surface area contributed by atoms with Crippen molar-refractivity contribution in [3.8, 4) is 0 Å². The summed E-state index contributed by atoms with van der Waals surface area (Å²) in [6, 6.07) is 8.42. The molecule has 1 aliphatic rings. The summed E-state index contributed by atoms with van der Waals surface area (Å²) in [6.45, 7) is 0.637. The minimum absolute atomic E-state index is 0.137. The molecule has 0 heterocycles. The second kappa shape index (κ2) is 5.54. The van der Waals surface area contributed by atoms with Crippen LogP contribution in [0.3, 0.4) is 0 Å². The Morgan fingerprint density at radius 2 is 2.12 bits per heavy atom. The molecule has 2 nitrogen and oxygen atoms in total. The summed E-state index contributed by atoms with van der Waals surface area (Å²) < 4.78 is 0. The number of hydrogen-bond acceptors (Lipinski definition) is 1. The van der Waals surface area contributed by atoms with Gasteiger partial charge in [-0.15, -0.1) is 11.6 Å². The third-order valence-corrected chi connectivity index (χ3v) is 3.66. The minimum atomic E-state index is 0.137. The maximum atomic E-state index is 12.2. The van der Waals surface area contributed by atoms with Crippen LogP contribution in [-0.4, -0.2) is 30.3 Å². The van der Waals surface area contributed by atoms with E-state index in [4.69, 9.17) is 11.6 Å². The molecule has 1 aromatic carbocycles. The van der Waals surface area contributed by atoms with Crippen LogP contribution in [0.1, 0.15) is 17.5 Å². The molecule has 1 atom stereocenters. The van der Waals surface area contributed by atoms with Gasteiger partial charge in [0.05, 0.1) is 0 Å². The Kier molecular flexibility index (Phi) is 4.06. The third-order valence-electron chi connectivity index (χ3n) is 3.49. The van der Waals surface area contributed by atoms with Gasteiger partial charge in [-0.3, -0.25) is 4.79 Å². The average Bonchev–Trinajstić information content (AvgIpc) is 2.37. The van der Waals surface area contributed by atoms with Gasteiger partial charge in [0, 0.05) is 25.4 Å². The van der Waals surface area contributed by atoms with Crippen LogP contribution in [0.5, 0.6) is 0 Å². The molecule has 0 N–H and O–H groups in total. The largest absolute Gasteiger partial charge is 0.344 e. The topological polar surface area (TPSA) is 20.3 Å². The molecule has 1 aliphatic carbocycles. The van der Waals surface area contributed by atoms with E-state index in [0.29, 0.717) is 12.4 Å². The van der Waals surface area contributed by atoms with Gasteiger partial charge in [0.15, 0.2) is 0 Å². The van der Waals surface area contributed by atoms with Gasteiger partial charge in [0.25, 0.3) is 0 Å². The summed E-state index contributed by atoms with van der Waals surface area (Å²) >= 11 is 5.67. The molecule has 0 aromatic heterocycles. The Morgan fingerprint density at radius 1 is 1.41 bits per heavy atom. The van der Waals surface area contributed by atoms with Crippen molar-refractivity contribution in [1.29, 1.82) is 0 Å². The van der Waals surface area contributed by atoms with Crippen LogP contribution < -0.4 is 0 Å². The smallest absolute Gasteiger partial charge is 0.225 e. The van der Waals surface area contributed by atoms with E-state index in [-0.39, 0.29) is 11.8 Å². The Bertz CT molecular complexity index is 405. The number of carbonyl (C=O) groups excluding carboxylic acids is 1. The van der Waals surface area contributed by atoms with Crippen LogP contribution in [0.15, 0.2) is 24.3 Å². The van der Waals surface area contributed by atoms with Gasteiger partial charge < -0.3 is 4.90 Å². The summed E-state index contributed by atoms with van der Waals surface area (Å²) in [5.74, 6) is 0.879. The molecular formula is C14H18ClNO. The highest BCUT2D eigenvalue weighted by Gasteiger charge is 2.26. The number of benzene rings is 1. The number of carbonyl (C=O) groups is 1. The van der Waals surface area contributed by atoms with Crippen molar-refractivity contribution in [3.05, 3.63) is 35.4 Å². The van der Waals surface area contributed by atoms with E-state index in [0.717, 1.165) is 19.3 Å². The molecule has 0 saturated heterocycles. The highest BCUT2D eigenvalue weighted by atomic mass is 35.5. The molecule has 1 amide bonds. The molecule has 0 aliphatic heterocycles. The van der Waals surface area contributed by atoms with Gasteiger partial charge in [-0.25, -0.2) is 0 Å². The monoisotopic (exact) mass is 251 g/mol. The first kappa shape index (κ1) is 12.4. The minimum Gasteiger partial charge on any atom is -0.344 e. The van der Waals surface area contributed by atoms with Crippen LogP contribution >= 0.6 is 11.6 Å². The predicted octanol–water partition coefficient (Wildman–Crippen LogP) is 2.49. The molecule has 0 radical (unpaired) electrons. The lowest BCUT2D eigenvalue weighted by Crippen LogP contribution is -2.36. The molecule has 0 bridgehead atoms. The normalized spacial score (nSPS) is 18.6. The maximum absolute atomic E-state index is 12.2. The fourth-order valence-corrected chi connectivity index (χ4v) is 2.71. The molecule has 17 heavy (non-hydrogen) atoms. The molecule has 0 spiro atoms. The average molecular weight is 252 g/mol. The second-order valence-electron chi connectivity index (χ2n) is 4.66. The lowest BCUT2D eigenvalue weighted by Gasteiger charge is -2.27. The maximum Gasteiger partial charge on any atom is 0.225 e. The zero-order valence-electron chi connectivity index (χ0n) is 10.2. The first-order valence-electron chi connectivity index (χ1n) is 6.10. The first-order chi connectivity index (χ1) is 8.22. The lowest BCUT2D eigenvalue weighted by atomic mass is 9.83. The van der Waals surface area contributed by atoms with E-state index < -0.39 is 0 Å². The summed E-state index contributed by atoms with van der Waals surface area (Å²) in [4.78, 5) is 13.9. The standard InChI is InChI=1S/C14H18ClNO/c1-16(9-8-15)14(17)13-7-6-11-4-2-3-5-12(11)10-13/h2-5,13H,6-10H2,1H3. The third kappa shape index (κ3) is 2.81. The molecule has 1 aromatic rings. The number of halogens is 1. The van der Waals surface area contributed by atoms with E-state index >= 15 is 0 Å². The van der Waals surface area contributed by atoms with Gasteiger partial charge in [-0.1, -0.05) is 24.3 Å². The molecule has 92 valence electrons. The SMILES string of the molecule is CN(CCCl)C(=O)C1CCc2ccccc2C1. The quantitative estimate of drug-likeness (QED) is 0.756. The van der Waals surface area contributed by atoms with E-state index in [9.17, 15) is 4.79 Å². The Hall–Kier alpha value is -1.02. The van der Waals surface area contributed by atoms with E-state index in [2.05, 4.69) is 18.2 Å². The van der Waals surface area contributed by atoms with Crippen LogP contribution in [0.25, 0.3) is 0 Å². The van der Waals surface area contributed by atoms with E-state index in [1.165, 1.54) is 11.1 Å². The van der Waals surface area contributed by atoms with Crippen molar-refractivity contribution < 1.29 is 4.79 Å². The highest BCUT2D eigenvalue weighted by molar-refractivity contribution is 6.18. The van der Waals surface area contributed by atoms with Crippen LogP contribution in [0.4, 0.5) is 0 Å². The number of amides is 1. The van der Waals surface area contributed by atoms with Crippen LogP contribution in [0.2, 0.25) is 0 Å². The van der Waals surface area contributed by atoms with Crippen LogP contribution in [0, 0.1) is 5.92 Å². The molecule has 0 saturated carbocycles. The van der Waals surface area contributed by atoms with Gasteiger partial charge in [-0.05, 0) is 30.4 Å². The fourth-order valence-electron chi connectivity index (χ4n) is 2.46. The summed E-state index contributed by atoms with van der Waals surface area (Å²) in [7, 11) is 1.84. The number of hydrogen-bond donors (Lipinski definition) is 0. The zero-order chi connectivity index (χ0) is 12.3. The number of fused-ring (bicyclic) bond motifs is 1. The van der Waals surface area contributed by atoms with Crippen LogP contribution in [-0.2, 0) is 17.6 Å². The lowest BCUT2D eigenvalue weighted by molar-refractivity contribution is -0.134. The van der Waals surface area contributed by atoms with E-state index in [1.807, 2.05) is 13.1 Å². The first-order valence-corrected chi connectivity index (χ1v) is 6.63. The molecule has 2 rings (SSSR count). The highest BCUT2D eigenvalue weighted by Crippen LogP contribution is 2.26. The van der Waals surface area contributed by atoms with E-state index in [1.54, 1.807) is 4.90 Å². The van der Waals surface area contributed by atoms with Crippen molar-refractivity contribution in [2.24, 2.45) is 5.92 Å². The molecular weight excluding hydrogens is 234 g/mol.